The van der Waals surface area contributed by atoms with Crippen molar-refractivity contribution in [1.29, 1.82) is 0 Å². The third-order valence-corrected chi connectivity index (χ3v) is 25.9. The van der Waals surface area contributed by atoms with Crippen molar-refractivity contribution in [3.05, 3.63) is 119 Å². The molecule has 9 aromatic rings. The summed E-state index contributed by atoms with van der Waals surface area (Å²) in [6, 6.07) is 34.6. The van der Waals surface area contributed by atoms with Gasteiger partial charge in [-0.25, -0.2) is 0 Å². The summed E-state index contributed by atoms with van der Waals surface area (Å²) >= 11 is 0. The zero-order valence-corrected chi connectivity index (χ0v) is 68.2. The molecule has 614 valence electrons. The summed E-state index contributed by atoms with van der Waals surface area (Å²) in [6.45, 7) is 23.5. The molecule has 12 N–H and O–H groups in total. The van der Waals surface area contributed by atoms with E-state index < -0.39 is 0 Å². The van der Waals surface area contributed by atoms with Gasteiger partial charge in [-0.2, -0.15) is 20.4 Å². The summed E-state index contributed by atoms with van der Waals surface area (Å²) < 4.78 is 11.0. The van der Waals surface area contributed by atoms with Gasteiger partial charge in [0.25, 0.3) is 0 Å². The number of ketones is 1. The molecule has 0 bridgehead atoms. The Morgan fingerprint density at radius 2 is 0.704 bits per heavy atom. The van der Waals surface area contributed by atoms with E-state index in [1.165, 1.54) is 106 Å². The maximum atomic E-state index is 12.5. The van der Waals surface area contributed by atoms with E-state index >= 15 is 0 Å². The second-order valence-electron chi connectivity index (χ2n) is 34.5. The van der Waals surface area contributed by atoms with E-state index in [0.29, 0.717) is 48.5 Å². The Bertz CT molecular complexity index is 4800. The van der Waals surface area contributed by atoms with Crippen molar-refractivity contribution in [3.8, 4) is 11.5 Å². The highest BCUT2D eigenvalue weighted by atomic mass is 16.7. The van der Waals surface area contributed by atoms with E-state index in [4.69, 9.17) is 9.47 Å². The van der Waals surface area contributed by atoms with Crippen molar-refractivity contribution in [2.24, 2.45) is 17.8 Å². The van der Waals surface area contributed by atoms with Crippen molar-refractivity contribution in [2.75, 3.05) is 107 Å². The van der Waals surface area contributed by atoms with Gasteiger partial charge in [-0.1, -0.05) is 72.9 Å². The zero-order valence-electron chi connectivity index (χ0n) is 68.2. The number of H-pyrrole nitrogens is 4. The van der Waals surface area contributed by atoms with Crippen molar-refractivity contribution in [2.45, 2.75) is 212 Å². The van der Waals surface area contributed by atoms with Crippen LogP contribution in [0.3, 0.4) is 0 Å². The van der Waals surface area contributed by atoms with Gasteiger partial charge < -0.3 is 52.0 Å². The molecule has 9 aliphatic rings. The number of fused-ring (bicyclic) bond motifs is 5. The van der Waals surface area contributed by atoms with E-state index in [0.717, 1.165) is 180 Å². The van der Waals surface area contributed by atoms with Gasteiger partial charge in [0.05, 0.1) is 72.4 Å². The molecule has 8 fully saturated rings. The first kappa shape index (κ1) is 80.4. The molecule has 0 unspecified atom stereocenters. The predicted octanol–water partition coefficient (Wildman–Crippen LogP) is 11.5. The summed E-state index contributed by atoms with van der Waals surface area (Å²) in [6.07, 6.45) is 21.0. The SMILES string of the molecule is CC(=O)C1CCC(N2CC(NC(=O)CNc3n[nH]c4ccc(C)cc34)C2)CC1.CCC1CCC(N2CC(NC(=O)CNc3n[nH]c4ccc(C)cc34)C2)CC1.Cc1ccc2[nH]nc(NCC(=O)NC3CN(C4CCC(C)CC4)C3)c2c1.Cc1ccc2[nH]nc(NCC(=O)NC3CN(C4CCC(c5ccc6c(c5)OCO6)CC4)C3)c2c1. The van der Waals surface area contributed by atoms with Crippen molar-refractivity contribution < 1.29 is 33.4 Å². The Labute approximate surface area is 674 Å². The molecule has 4 aromatic heterocycles. The van der Waals surface area contributed by atoms with Crippen LogP contribution in [-0.4, -0.2) is 223 Å². The van der Waals surface area contributed by atoms with E-state index in [1.54, 1.807) is 6.92 Å². The van der Waals surface area contributed by atoms with Crippen LogP contribution in [-0.2, 0) is 24.0 Å². The van der Waals surface area contributed by atoms with Crippen molar-refractivity contribution >= 4 is 96.3 Å². The number of nitrogens with zero attached hydrogens (tertiary/aromatic N) is 8. The lowest BCUT2D eigenvalue weighted by Crippen LogP contribution is -2.63. The smallest absolute Gasteiger partial charge is 0.239 e. The third-order valence-electron chi connectivity index (χ3n) is 25.9. The Morgan fingerprint density at radius 1 is 0.391 bits per heavy atom. The fourth-order valence-corrected chi connectivity index (χ4v) is 18.7. The average molecular weight is 1570 g/mol. The summed E-state index contributed by atoms with van der Waals surface area (Å²) in [5.74, 6) is 7.76. The second-order valence-corrected chi connectivity index (χ2v) is 34.5. The predicted molar refractivity (Wildman–Crippen MR) is 453 cm³/mol. The minimum Gasteiger partial charge on any atom is -0.454 e. The number of carbonyl (C=O) groups excluding carboxylic acids is 5. The molecule has 4 amide bonds. The zero-order chi connectivity index (χ0) is 79.6. The number of rotatable bonds is 23. The normalized spacial score (nSPS) is 23.5. The molecule has 18 rings (SSSR count). The number of nitrogens with one attached hydrogen (secondary N) is 12. The molecule has 9 heterocycles. The molecular weight excluding hydrogens is 1450 g/mol. The highest BCUT2D eigenvalue weighted by Gasteiger charge is 2.40. The minimum atomic E-state index is -0.00580. The van der Waals surface area contributed by atoms with Crippen LogP contribution in [0.2, 0.25) is 0 Å². The van der Waals surface area contributed by atoms with Gasteiger partial charge in [0.1, 0.15) is 5.78 Å². The minimum absolute atomic E-state index is 0.00580. The van der Waals surface area contributed by atoms with Crippen molar-refractivity contribution in [1.82, 2.24) is 81.7 Å². The number of aromatic amines is 4. The van der Waals surface area contributed by atoms with Crippen LogP contribution in [0.15, 0.2) is 91.0 Å². The fraction of sp³-hybridized carbons (Fsp3) is 0.557. The lowest BCUT2D eigenvalue weighted by atomic mass is 9.80. The number of hydrogen-bond acceptors (Lipinski definition) is 19. The second kappa shape index (κ2) is 37.0. The van der Waals surface area contributed by atoms with Crippen molar-refractivity contribution in [3.63, 3.8) is 0 Å². The number of hydrogen-bond donors (Lipinski definition) is 12. The summed E-state index contributed by atoms with van der Waals surface area (Å²) in [7, 11) is 0. The number of likely N-dealkylation sites (tertiary alicyclic amines) is 4. The Kier molecular flexibility index (Phi) is 25.8. The first-order chi connectivity index (χ1) is 55.8. The van der Waals surface area contributed by atoms with Crippen LogP contribution >= 0.6 is 0 Å². The average Bonchev–Trinajstić information content (AvgIpc) is 1.18. The standard InChI is InChI=1S/C26H31N5O3.C21H29N5O2.C21H31N5O.C20H29N5O/c1-16-2-8-22-21(10-16)26(30-29-22)27-12-25(32)28-19-13-31(14-19)20-6-3-17(4-7-20)18-5-9-23-24(11-18)34-15-33-23;1-13-3-8-19-18(9-13)21(25-24-19)22-10-20(28)23-16-11-26(12-16)17-6-4-15(5-7-17)14(2)27;1-3-15-5-7-17(8-6-15)26-12-16(13-26)23-20(27)11-22-21-18-10-14(2)4-9-19(18)24-25-21;1-13-3-6-16(7-4-13)25-11-15(12-25)22-19(26)10-21-20-17-9-14(2)5-8-18(17)23-24-20/h2,5,8-11,17,19-20H,3-4,6-7,12-15H2,1H3,(H,28,32)(H2,27,29,30);3,8-9,15-17H,4-7,10-12H2,1-2H3,(H,23,28)(H2,22,24,25);4,9-10,15-17H,3,5-8,11-13H2,1-2H3,(H,23,27)(H2,22,24,25);5,8-9,13,15-16H,3-4,6-7,10-12H2,1-2H3,(H,22,26)(H2,21,23,24). The number of ether oxygens (including phenoxy) is 2. The molecule has 4 saturated heterocycles. The third kappa shape index (κ3) is 20.3. The number of anilines is 4. The van der Waals surface area contributed by atoms with Gasteiger partial charge in [0.15, 0.2) is 34.8 Å². The van der Waals surface area contributed by atoms with Crippen LogP contribution in [0.25, 0.3) is 43.6 Å². The molecule has 5 aliphatic heterocycles. The van der Waals surface area contributed by atoms with Crippen LogP contribution < -0.4 is 52.0 Å². The van der Waals surface area contributed by atoms with Crippen LogP contribution in [0.4, 0.5) is 23.3 Å². The fourth-order valence-electron chi connectivity index (χ4n) is 18.7. The van der Waals surface area contributed by atoms with Gasteiger partial charge in [-0.15, -0.1) is 0 Å². The maximum Gasteiger partial charge on any atom is 0.239 e. The number of benzene rings is 5. The lowest BCUT2D eigenvalue weighted by molar-refractivity contribution is -0.123. The molecule has 0 radical (unpaired) electrons. The first-order valence-electron chi connectivity index (χ1n) is 42.6. The highest BCUT2D eigenvalue weighted by Crippen LogP contribution is 2.42. The van der Waals surface area contributed by atoms with Gasteiger partial charge in [0.2, 0.25) is 30.4 Å². The Morgan fingerprint density at radius 3 is 1.03 bits per heavy atom. The summed E-state index contributed by atoms with van der Waals surface area (Å²) in [5, 5.41) is 58.4. The molecular formula is C88H120N20O7. The summed E-state index contributed by atoms with van der Waals surface area (Å²) in [4.78, 5) is 70.8. The maximum absolute atomic E-state index is 12.5. The molecule has 0 spiro atoms. The van der Waals surface area contributed by atoms with Crippen LogP contribution in [0.1, 0.15) is 164 Å². The number of aryl methyl sites for hydroxylation is 4. The topological polar surface area (TPSA) is 328 Å². The van der Waals surface area contributed by atoms with Gasteiger partial charge in [-0.3, -0.25) is 64.0 Å². The van der Waals surface area contributed by atoms with Crippen LogP contribution in [0, 0.1) is 45.4 Å². The first-order valence-corrected chi connectivity index (χ1v) is 42.6. The molecule has 27 heteroatoms. The van der Waals surface area contributed by atoms with Gasteiger partial charge in [0, 0.05) is 104 Å². The molecule has 27 nitrogen and oxygen atoms in total. The number of aromatic nitrogens is 8. The van der Waals surface area contributed by atoms with E-state index in [9.17, 15) is 24.0 Å². The Hall–Kier alpha value is -9.83. The number of Topliss-reactive ketones (excluding diaryl/α,β-unsaturated/α-hetero) is 1. The molecule has 4 aliphatic carbocycles. The van der Waals surface area contributed by atoms with Gasteiger partial charge in [-0.05, 0) is 221 Å². The molecule has 5 aromatic carbocycles. The Balaban J connectivity index is 0.000000121. The molecule has 0 atom stereocenters. The quantitative estimate of drug-likeness (QED) is 0.0283. The summed E-state index contributed by atoms with van der Waals surface area (Å²) in [5.41, 5.74) is 9.94. The number of carbonyl (C=O) groups is 5. The monoisotopic (exact) mass is 1570 g/mol. The number of amides is 4. The lowest BCUT2D eigenvalue weighted by Gasteiger charge is -2.46. The van der Waals surface area contributed by atoms with E-state index in [1.807, 2.05) is 61.5 Å². The highest BCUT2D eigenvalue weighted by molar-refractivity contribution is 5.95. The molecule has 4 saturated carbocycles. The van der Waals surface area contributed by atoms with E-state index in [-0.39, 0.29) is 67.8 Å². The van der Waals surface area contributed by atoms with Crippen LogP contribution in [0.5, 0.6) is 11.5 Å². The van der Waals surface area contributed by atoms with Gasteiger partial charge >= 0.3 is 0 Å². The largest absolute Gasteiger partial charge is 0.454 e. The van der Waals surface area contributed by atoms with E-state index in [2.05, 4.69) is 174 Å². The molecule has 115 heavy (non-hydrogen) atoms.